The number of aryl methyl sites for hydroxylation is 4. The highest BCUT2D eigenvalue weighted by Gasteiger charge is 2.23. The molecule has 1 aliphatic heterocycles. The summed E-state index contributed by atoms with van der Waals surface area (Å²) >= 11 is 0. The number of carbonyl (C=O) groups excluding carboxylic acids is 1. The predicted octanol–water partition coefficient (Wildman–Crippen LogP) is 1.97. The Labute approximate surface area is 250 Å². The molecule has 0 aliphatic carbocycles. The number of ether oxygens (including phenoxy) is 2. The quantitative estimate of drug-likeness (QED) is 0.159. The molecule has 3 aromatic rings. The third kappa shape index (κ3) is 6.42. The molecule has 4 rings (SSSR count). The van der Waals surface area contributed by atoms with Gasteiger partial charge in [0.1, 0.15) is 23.0 Å². The lowest BCUT2D eigenvalue weighted by Gasteiger charge is -2.25. The van der Waals surface area contributed by atoms with Crippen molar-refractivity contribution in [2.75, 3.05) is 27.3 Å². The van der Waals surface area contributed by atoms with Crippen molar-refractivity contribution < 1.29 is 14.3 Å². The summed E-state index contributed by atoms with van der Waals surface area (Å²) in [7, 11) is 3.14. The lowest BCUT2D eigenvalue weighted by atomic mass is 9.97. The van der Waals surface area contributed by atoms with Crippen LogP contribution in [0.4, 0.5) is 5.69 Å². The Kier molecular flexibility index (Phi) is 9.57. The number of hydrogen-bond acceptors (Lipinski definition) is 9. The van der Waals surface area contributed by atoms with E-state index in [1.54, 1.807) is 29.4 Å². The minimum absolute atomic E-state index is 0.0855. The second-order valence-electron chi connectivity index (χ2n) is 10.2. The van der Waals surface area contributed by atoms with Crippen molar-refractivity contribution in [2.24, 2.45) is 10.7 Å². The number of carbonyl (C=O) groups is 1. The number of hydrazine groups is 1. The number of fused-ring (bicyclic) bond motifs is 3. The molecule has 0 saturated carbocycles. The summed E-state index contributed by atoms with van der Waals surface area (Å²) in [6.07, 6.45) is 0.632. The molecule has 0 bridgehead atoms. The number of nitrogens with two attached hydrogens (primary N) is 1. The molecule has 12 heteroatoms. The van der Waals surface area contributed by atoms with Gasteiger partial charge in [0.25, 0.3) is 5.91 Å². The summed E-state index contributed by atoms with van der Waals surface area (Å²) in [4.78, 5) is 31.8. The molecule has 226 valence electrons. The van der Waals surface area contributed by atoms with Crippen LogP contribution in [-0.2, 0) is 24.3 Å². The Morgan fingerprint density at radius 1 is 1.14 bits per heavy atom. The Balaban J connectivity index is 1.85. The third-order valence-corrected chi connectivity index (χ3v) is 7.21. The lowest BCUT2D eigenvalue weighted by Crippen LogP contribution is -2.45. The van der Waals surface area contributed by atoms with Gasteiger partial charge >= 0.3 is 5.69 Å². The average molecular weight is 587 g/mol. The molecule has 2 heterocycles. The zero-order chi connectivity index (χ0) is 31.3. The molecule has 5 N–H and O–H groups in total. The third-order valence-electron chi connectivity index (χ3n) is 7.21. The summed E-state index contributed by atoms with van der Waals surface area (Å²) in [6, 6.07) is 11.7. The summed E-state index contributed by atoms with van der Waals surface area (Å²) in [6.45, 7) is 9.12. The van der Waals surface area contributed by atoms with Gasteiger partial charge in [-0.2, -0.15) is 5.26 Å². The van der Waals surface area contributed by atoms with E-state index in [4.69, 9.17) is 25.5 Å². The van der Waals surface area contributed by atoms with Crippen LogP contribution >= 0.6 is 0 Å². The largest absolute Gasteiger partial charge is 0.493 e. The molecule has 12 nitrogen and oxygen atoms in total. The van der Waals surface area contributed by atoms with Gasteiger partial charge in [-0.1, -0.05) is 17.7 Å². The minimum Gasteiger partial charge on any atom is -0.493 e. The number of amides is 1. The zero-order valence-electron chi connectivity index (χ0n) is 25.4. The van der Waals surface area contributed by atoms with E-state index in [0.717, 1.165) is 39.2 Å². The zero-order valence-corrected chi connectivity index (χ0v) is 25.4. The molecule has 2 aromatic carbocycles. The van der Waals surface area contributed by atoms with Crippen molar-refractivity contribution in [2.45, 2.75) is 47.2 Å². The van der Waals surface area contributed by atoms with Gasteiger partial charge in [-0.25, -0.2) is 15.2 Å². The molecule has 1 aliphatic rings. The smallest absolute Gasteiger partial charge is 0.330 e. The molecule has 0 fully saturated rings. The van der Waals surface area contributed by atoms with Crippen LogP contribution in [0, 0.1) is 32.1 Å². The highest BCUT2D eigenvalue weighted by molar-refractivity contribution is 5.94. The first kappa shape index (κ1) is 30.9. The maximum absolute atomic E-state index is 14.1. The van der Waals surface area contributed by atoms with Gasteiger partial charge < -0.3 is 25.9 Å². The maximum Gasteiger partial charge on any atom is 0.330 e. The van der Waals surface area contributed by atoms with Gasteiger partial charge in [0.15, 0.2) is 11.5 Å². The van der Waals surface area contributed by atoms with E-state index in [1.165, 1.54) is 0 Å². The normalized spacial score (nSPS) is 12.9. The summed E-state index contributed by atoms with van der Waals surface area (Å²) in [5.41, 5.74) is 17.2. The minimum atomic E-state index is -0.582. The summed E-state index contributed by atoms with van der Waals surface area (Å²) < 4.78 is 14.7. The van der Waals surface area contributed by atoms with Gasteiger partial charge in [-0.15, -0.1) is 0 Å². The van der Waals surface area contributed by atoms with E-state index < -0.39 is 5.91 Å². The second-order valence-corrected chi connectivity index (χ2v) is 10.2. The summed E-state index contributed by atoms with van der Waals surface area (Å²) in [5, 5.41) is 11.9. The first-order chi connectivity index (χ1) is 20.6. The number of allylic oxidation sites excluding steroid dienone is 1. The fourth-order valence-electron chi connectivity index (χ4n) is 5.33. The highest BCUT2D eigenvalue weighted by Crippen LogP contribution is 2.37. The Morgan fingerprint density at radius 3 is 2.49 bits per heavy atom. The van der Waals surface area contributed by atoms with Crippen molar-refractivity contribution in [1.29, 1.82) is 5.26 Å². The van der Waals surface area contributed by atoms with Gasteiger partial charge in [0, 0.05) is 38.3 Å². The van der Waals surface area contributed by atoms with Gasteiger partial charge in [0.2, 0.25) is 0 Å². The number of nitriles is 1. The first-order valence-electron chi connectivity index (χ1n) is 14.1. The van der Waals surface area contributed by atoms with Crippen molar-refractivity contribution in [3.8, 4) is 28.8 Å². The van der Waals surface area contributed by atoms with Crippen LogP contribution in [0.5, 0.6) is 11.5 Å². The van der Waals surface area contributed by atoms with Crippen LogP contribution in [0.1, 0.15) is 29.2 Å². The van der Waals surface area contributed by atoms with Crippen LogP contribution in [0.3, 0.4) is 0 Å². The van der Waals surface area contributed by atoms with Crippen molar-refractivity contribution in [1.82, 2.24) is 25.3 Å². The number of benzene rings is 2. The molecule has 0 saturated heterocycles. The predicted molar refractivity (Wildman–Crippen MR) is 163 cm³/mol. The van der Waals surface area contributed by atoms with E-state index in [9.17, 15) is 9.59 Å². The molecule has 0 spiro atoms. The van der Waals surface area contributed by atoms with Crippen LogP contribution in [-0.4, -0.2) is 42.4 Å². The van der Waals surface area contributed by atoms with Crippen LogP contribution in [0.15, 0.2) is 51.5 Å². The average Bonchev–Trinajstić information content (AvgIpc) is 2.98. The van der Waals surface area contributed by atoms with Gasteiger partial charge in [-0.05, 0) is 62.9 Å². The van der Waals surface area contributed by atoms with E-state index >= 15 is 0 Å². The number of nitrogens with zero attached hydrogens (tertiary/aromatic N) is 4. The second kappa shape index (κ2) is 13.3. The number of rotatable bonds is 10. The lowest BCUT2D eigenvalue weighted by molar-refractivity contribution is -0.118. The Bertz CT molecular complexity index is 1740. The molecule has 0 atom stereocenters. The van der Waals surface area contributed by atoms with Crippen molar-refractivity contribution in [3.63, 3.8) is 0 Å². The van der Waals surface area contributed by atoms with Crippen LogP contribution < -0.4 is 42.6 Å². The Hall–Kier alpha value is -5.02. The van der Waals surface area contributed by atoms with Crippen LogP contribution in [0.25, 0.3) is 11.3 Å². The standard InChI is InChI=1S/C31H38N8O4/c1-7-43-26-14-21-8-10-38-24(22(21)15-25(26)42-6)16-27(36-28-19(3)12-18(2)13-20(28)4)39(31(38)41)11-9-35-30(40)29(37-34-5)23(33)17-32/h12-16,34,37H,7-11,33H2,1-6H3,(H,35,40)/b29-23-,36-27+. The highest BCUT2D eigenvalue weighted by atomic mass is 16.5. The van der Waals surface area contributed by atoms with Gasteiger partial charge in [0.05, 0.1) is 25.1 Å². The molecule has 1 aromatic heterocycles. The molecular weight excluding hydrogens is 548 g/mol. The molecule has 0 unspecified atom stereocenters. The molecule has 43 heavy (non-hydrogen) atoms. The number of methoxy groups -OCH3 is 1. The fourth-order valence-corrected chi connectivity index (χ4v) is 5.33. The Morgan fingerprint density at radius 2 is 1.86 bits per heavy atom. The first-order valence-corrected chi connectivity index (χ1v) is 14.1. The van der Waals surface area contributed by atoms with Crippen molar-refractivity contribution >= 4 is 11.6 Å². The number of aromatic nitrogens is 2. The van der Waals surface area contributed by atoms with E-state index in [-0.39, 0.29) is 30.2 Å². The van der Waals surface area contributed by atoms with E-state index in [1.807, 2.05) is 45.9 Å². The molecular formula is C31H38N8O4. The maximum atomic E-state index is 14.1. The number of nitrogens with one attached hydrogen (secondary N) is 3. The molecule has 0 radical (unpaired) electrons. The van der Waals surface area contributed by atoms with E-state index in [2.05, 4.69) is 28.3 Å². The topological polar surface area (TPSA) is 161 Å². The van der Waals surface area contributed by atoms with E-state index in [0.29, 0.717) is 36.6 Å². The van der Waals surface area contributed by atoms with Crippen LogP contribution in [0.2, 0.25) is 0 Å². The number of hydrogen-bond donors (Lipinski definition) is 4. The summed E-state index contributed by atoms with van der Waals surface area (Å²) in [5.74, 6) is 0.664. The fraction of sp³-hybridized carbons (Fsp3) is 0.355. The molecule has 1 amide bonds. The monoisotopic (exact) mass is 586 g/mol. The SMILES string of the molecule is CCOc1cc2c(cc1OC)-c1c/c(=N\c3c(C)cc(C)cc3C)n(CCNC(=O)/C(NNC)=C(/N)C#N)c(=O)n1CC2. The van der Waals surface area contributed by atoms with Gasteiger partial charge in [-0.3, -0.25) is 13.9 Å². The van der Waals surface area contributed by atoms with Crippen molar-refractivity contribution in [3.05, 3.63) is 80.0 Å².